The number of carbonyl (C=O) groups excluding carboxylic acids is 3. The third-order valence-corrected chi connectivity index (χ3v) is 9.42. The molecule has 0 spiro atoms. The summed E-state index contributed by atoms with van der Waals surface area (Å²) in [5, 5.41) is 0.586. The third-order valence-electron chi connectivity index (χ3n) is 8.57. The predicted molar refractivity (Wildman–Crippen MR) is 172 cm³/mol. The number of aliphatic imine (C=N–C) groups is 1. The summed E-state index contributed by atoms with van der Waals surface area (Å²) < 4.78 is 35.3. The first kappa shape index (κ1) is 33.0. The molecule has 0 radical (unpaired) electrons. The largest absolute Gasteiger partial charge is 0.333 e. The van der Waals surface area contributed by atoms with E-state index in [9.17, 15) is 27.4 Å². The van der Waals surface area contributed by atoms with E-state index in [1.54, 1.807) is 6.07 Å². The van der Waals surface area contributed by atoms with Crippen molar-refractivity contribution >= 4 is 50.8 Å². The van der Waals surface area contributed by atoms with Crippen LogP contribution in [0.1, 0.15) is 71.8 Å². The molecule has 3 aliphatic rings. The van der Waals surface area contributed by atoms with Crippen molar-refractivity contribution in [3.63, 3.8) is 0 Å². The molecule has 46 heavy (non-hydrogen) atoms. The smallest absolute Gasteiger partial charge is 0.330 e. The van der Waals surface area contributed by atoms with Crippen molar-refractivity contribution < 1.29 is 36.8 Å². The molecular weight excluding hydrogens is 610 g/mol. The Labute approximate surface area is 269 Å². The van der Waals surface area contributed by atoms with Crippen molar-refractivity contribution in [2.45, 2.75) is 83.1 Å². The Morgan fingerprint density at radius 3 is 2.41 bits per heavy atom. The Balaban J connectivity index is 1.25. The molecule has 0 saturated carbocycles. The number of benzene rings is 1. The van der Waals surface area contributed by atoms with Crippen LogP contribution in [0.2, 0.25) is 0 Å². The third kappa shape index (κ3) is 6.47. The average molecular weight is 651 g/mol. The predicted octanol–water partition coefficient (Wildman–Crippen LogP) is 4.52. The molecule has 12 nitrogen and oxygen atoms in total. The van der Waals surface area contributed by atoms with E-state index in [4.69, 9.17) is 9.83 Å². The number of hydrogen-bond donors (Lipinski definition) is 1. The standard InChI is InChI=1S/C33H39N5O7S/c1-5-36-25-17-16-23(46(42,43)44)22-26(25)37(6-2)28(36)14-10-13-27-33(3,4)24-12-11-21-35(32(24)34-27)20-9-7-8-15-31(41)45-38-29(39)18-19-30(38)40/h10-14,16-17,21-22H,5-9,15,18-20H2,1-4H3/p+1. The average Bonchev–Trinajstić information content (AvgIpc) is 3.59. The van der Waals surface area contributed by atoms with E-state index >= 15 is 0 Å². The first-order valence-electron chi connectivity index (χ1n) is 15.6. The fourth-order valence-electron chi connectivity index (χ4n) is 6.08. The molecule has 0 aliphatic carbocycles. The van der Waals surface area contributed by atoms with E-state index in [1.807, 2.05) is 49.2 Å². The first-order valence-corrected chi connectivity index (χ1v) is 17.0. The number of carbonyl (C=O) groups is 3. The SMILES string of the molecule is CCN1/C(=C\C=C\C2=Nc3c(ccc[n+]3CCCCCC(=O)ON3C(=O)CCC3=O)C2(C)C)N(CC)c2cc(S(=O)(=O)O)ccc21. The Morgan fingerprint density at radius 1 is 1.04 bits per heavy atom. The summed E-state index contributed by atoms with van der Waals surface area (Å²) in [6, 6.07) is 8.75. The summed E-state index contributed by atoms with van der Waals surface area (Å²) >= 11 is 0. The molecule has 13 heteroatoms. The van der Waals surface area contributed by atoms with Gasteiger partial charge in [0, 0.05) is 32.4 Å². The van der Waals surface area contributed by atoms with E-state index in [0.717, 1.165) is 47.1 Å². The number of aromatic nitrogens is 1. The minimum Gasteiger partial charge on any atom is -0.330 e. The van der Waals surface area contributed by atoms with Crippen LogP contribution in [-0.4, -0.2) is 54.6 Å². The zero-order valence-corrected chi connectivity index (χ0v) is 27.4. The Kier molecular flexibility index (Phi) is 9.45. The fraction of sp³-hybridized carbons (Fsp3) is 0.424. The van der Waals surface area contributed by atoms with Crippen LogP contribution in [0.25, 0.3) is 0 Å². The molecule has 3 aliphatic heterocycles. The highest BCUT2D eigenvalue weighted by molar-refractivity contribution is 7.85. The number of allylic oxidation sites excluding steroid dienone is 3. The lowest BCUT2D eigenvalue weighted by molar-refractivity contribution is -0.684. The molecule has 0 unspecified atom stereocenters. The number of pyridine rings is 1. The highest BCUT2D eigenvalue weighted by Gasteiger charge is 2.42. The van der Waals surface area contributed by atoms with Crippen LogP contribution < -0.4 is 14.4 Å². The summed E-state index contributed by atoms with van der Waals surface area (Å²) in [6.07, 6.45) is 10.4. The lowest BCUT2D eigenvalue weighted by atomic mass is 9.82. The van der Waals surface area contributed by atoms with Crippen LogP contribution in [0.4, 0.5) is 17.2 Å². The van der Waals surface area contributed by atoms with E-state index in [-0.39, 0.29) is 29.6 Å². The molecule has 4 heterocycles. The number of fused-ring (bicyclic) bond motifs is 2. The van der Waals surface area contributed by atoms with Gasteiger partial charge in [-0.1, -0.05) is 6.08 Å². The number of anilines is 2. The van der Waals surface area contributed by atoms with Crippen LogP contribution >= 0.6 is 0 Å². The number of nitrogens with zero attached hydrogens (tertiary/aromatic N) is 5. The molecule has 1 N–H and O–H groups in total. The first-order chi connectivity index (χ1) is 21.9. The van der Waals surface area contributed by atoms with Crippen molar-refractivity contribution in [2.75, 3.05) is 22.9 Å². The van der Waals surface area contributed by atoms with Crippen LogP contribution in [0.5, 0.6) is 0 Å². The van der Waals surface area contributed by atoms with Crippen molar-refractivity contribution in [1.29, 1.82) is 0 Å². The summed E-state index contributed by atoms with van der Waals surface area (Å²) in [6.45, 7) is 10.3. The maximum Gasteiger partial charge on any atom is 0.333 e. The van der Waals surface area contributed by atoms with Gasteiger partial charge in [0.25, 0.3) is 21.9 Å². The van der Waals surface area contributed by atoms with Crippen LogP contribution in [-0.2, 0) is 41.3 Å². The summed E-state index contributed by atoms with van der Waals surface area (Å²) in [7, 11) is -4.33. The molecule has 0 bridgehead atoms. The van der Waals surface area contributed by atoms with Gasteiger partial charge in [-0.05, 0) is 94.4 Å². The zero-order chi connectivity index (χ0) is 33.2. The van der Waals surface area contributed by atoms with Crippen LogP contribution in [0, 0.1) is 0 Å². The molecular formula is C33H40N5O7S+. The summed E-state index contributed by atoms with van der Waals surface area (Å²) in [5.41, 5.74) is 3.28. The second-order valence-corrected chi connectivity index (χ2v) is 13.3. The lowest BCUT2D eigenvalue weighted by Crippen LogP contribution is -2.35. The number of hydroxylamine groups is 2. The van der Waals surface area contributed by atoms with Crippen molar-refractivity contribution in [2.24, 2.45) is 4.99 Å². The monoisotopic (exact) mass is 650 g/mol. The van der Waals surface area contributed by atoms with E-state index in [0.29, 0.717) is 31.1 Å². The fourth-order valence-corrected chi connectivity index (χ4v) is 6.58. The van der Waals surface area contributed by atoms with Crippen LogP contribution in [0.15, 0.2) is 70.5 Å². The molecule has 2 amide bonds. The molecule has 1 saturated heterocycles. The minimum absolute atomic E-state index is 0.0751. The van der Waals surface area contributed by atoms with Crippen LogP contribution in [0.3, 0.4) is 0 Å². The van der Waals surface area contributed by atoms with Gasteiger partial charge in [0.05, 0.1) is 40.0 Å². The van der Waals surface area contributed by atoms with Crippen molar-refractivity contribution in [1.82, 2.24) is 5.06 Å². The molecule has 1 aromatic carbocycles. The van der Waals surface area contributed by atoms with Gasteiger partial charge in [0.1, 0.15) is 5.82 Å². The Hall–Kier alpha value is -4.36. The van der Waals surface area contributed by atoms with Gasteiger partial charge in [0.15, 0.2) is 5.71 Å². The highest BCUT2D eigenvalue weighted by atomic mass is 32.2. The molecule has 1 fully saturated rings. The number of imide groups is 1. The van der Waals surface area contributed by atoms with Gasteiger partial charge >= 0.3 is 11.8 Å². The van der Waals surface area contributed by atoms with E-state index < -0.39 is 27.9 Å². The topological polar surface area (TPSA) is 141 Å². The number of unbranched alkanes of at least 4 members (excludes halogenated alkanes) is 2. The number of hydrogen-bond acceptors (Lipinski definition) is 9. The van der Waals surface area contributed by atoms with Crippen molar-refractivity contribution in [3.05, 3.63) is 66.1 Å². The second kappa shape index (κ2) is 13.2. The maximum absolute atomic E-state index is 12.1. The molecule has 5 rings (SSSR count). The zero-order valence-electron chi connectivity index (χ0n) is 26.6. The van der Waals surface area contributed by atoms with E-state index in [1.165, 1.54) is 12.1 Å². The number of aryl methyl sites for hydroxylation is 1. The summed E-state index contributed by atoms with van der Waals surface area (Å²) in [4.78, 5) is 49.3. The van der Waals surface area contributed by atoms with Gasteiger partial charge in [-0.25, -0.2) is 9.36 Å². The van der Waals surface area contributed by atoms with Gasteiger partial charge in [0.2, 0.25) is 0 Å². The number of amides is 2. The van der Waals surface area contributed by atoms with Gasteiger partial charge in [-0.2, -0.15) is 8.42 Å². The van der Waals surface area contributed by atoms with Gasteiger partial charge in [-0.15, -0.1) is 5.06 Å². The summed E-state index contributed by atoms with van der Waals surface area (Å²) in [5.74, 6) is 0.252. The van der Waals surface area contributed by atoms with Gasteiger partial charge in [-0.3, -0.25) is 14.1 Å². The van der Waals surface area contributed by atoms with Crippen molar-refractivity contribution in [3.8, 4) is 0 Å². The normalized spacial score (nSPS) is 18.2. The Morgan fingerprint density at radius 2 is 1.74 bits per heavy atom. The highest BCUT2D eigenvalue weighted by Crippen LogP contribution is 2.43. The van der Waals surface area contributed by atoms with E-state index in [2.05, 4.69) is 29.4 Å². The molecule has 0 atom stereocenters. The lowest BCUT2D eigenvalue weighted by Gasteiger charge is -2.23. The molecule has 244 valence electrons. The number of rotatable bonds is 12. The minimum atomic E-state index is -4.33. The second-order valence-electron chi connectivity index (χ2n) is 11.9. The molecule has 2 aromatic rings. The quantitative estimate of drug-likeness (QED) is 0.152. The molecule has 1 aromatic heterocycles. The maximum atomic E-state index is 12.1. The van der Waals surface area contributed by atoms with Gasteiger partial charge < -0.3 is 14.6 Å². The Bertz CT molecular complexity index is 1750.